The van der Waals surface area contributed by atoms with Crippen molar-refractivity contribution in [2.45, 2.75) is 26.4 Å². The minimum absolute atomic E-state index is 0.0374. The molecule has 0 spiro atoms. The number of imide groups is 1. The summed E-state index contributed by atoms with van der Waals surface area (Å²) in [5, 5.41) is 2.14. The maximum absolute atomic E-state index is 12.3. The van der Waals surface area contributed by atoms with Gasteiger partial charge in [0.25, 0.3) is 5.91 Å². The van der Waals surface area contributed by atoms with E-state index in [4.69, 9.17) is 9.47 Å². The highest BCUT2D eigenvalue weighted by Crippen LogP contribution is 2.23. The number of carbonyl (C=O) groups excluding carboxylic acids is 4. The molecule has 8 heteroatoms. The highest BCUT2D eigenvalue weighted by molar-refractivity contribution is 6.10. The van der Waals surface area contributed by atoms with Gasteiger partial charge >= 0.3 is 18.0 Å². The molecule has 1 aromatic rings. The molecule has 1 fully saturated rings. The number of hydrogen-bond donors (Lipinski definition) is 1. The van der Waals surface area contributed by atoms with Crippen LogP contribution < -0.4 is 5.32 Å². The zero-order valence-electron chi connectivity index (χ0n) is 14.1. The quantitative estimate of drug-likeness (QED) is 0.445. The number of rotatable bonds is 7. The lowest BCUT2D eigenvalue weighted by atomic mass is 9.98. The van der Waals surface area contributed by atoms with Crippen molar-refractivity contribution in [2.24, 2.45) is 5.92 Å². The van der Waals surface area contributed by atoms with Gasteiger partial charge in [-0.15, -0.1) is 0 Å². The van der Waals surface area contributed by atoms with Gasteiger partial charge < -0.3 is 14.4 Å². The van der Waals surface area contributed by atoms with Crippen molar-refractivity contribution in [1.29, 1.82) is 0 Å². The largest absolute Gasteiger partial charge is 0.465 e. The van der Waals surface area contributed by atoms with Crippen LogP contribution in [-0.2, 0) is 30.4 Å². The molecule has 25 heavy (non-hydrogen) atoms. The number of amides is 3. The fourth-order valence-corrected chi connectivity index (χ4v) is 2.62. The highest BCUT2D eigenvalue weighted by Gasteiger charge is 2.51. The van der Waals surface area contributed by atoms with Crippen LogP contribution in [-0.4, -0.2) is 48.0 Å². The van der Waals surface area contributed by atoms with Crippen molar-refractivity contribution < 1.29 is 28.7 Å². The maximum Gasteiger partial charge on any atom is 0.325 e. The summed E-state index contributed by atoms with van der Waals surface area (Å²) < 4.78 is 9.82. The first-order valence-electron chi connectivity index (χ1n) is 7.98. The Bertz CT molecular complexity index is 642. The van der Waals surface area contributed by atoms with Crippen molar-refractivity contribution >= 4 is 23.9 Å². The fourth-order valence-electron chi connectivity index (χ4n) is 2.62. The number of ether oxygens (including phenoxy) is 2. The molecule has 2 rings (SSSR count). The molecule has 1 saturated heterocycles. The third-order valence-corrected chi connectivity index (χ3v) is 3.69. The van der Waals surface area contributed by atoms with Crippen LogP contribution in [0.5, 0.6) is 0 Å². The summed E-state index contributed by atoms with van der Waals surface area (Å²) in [4.78, 5) is 50.1. The van der Waals surface area contributed by atoms with Gasteiger partial charge in [0, 0.05) is 6.54 Å². The fraction of sp³-hybridized carbons (Fsp3) is 0.412. The topological polar surface area (TPSA) is 102 Å². The SMILES string of the molecule is CCOC(=O)C(C(=O)OCC)C1C(=O)NC(=O)N1Cc1ccccc1. The van der Waals surface area contributed by atoms with Gasteiger partial charge in [-0.25, -0.2) is 4.79 Å². The van der Waals surface area contributed by atoms with E-state index in [1.807, 2.05) is 6.07 Å². The summed E-state index contributed by atoms with van der Waals surface area (Å²) in [6, 6.07) is 6.95. The molecule has 0 bridgehead atoms. The molecule has 3 amide bonds. The number of esters is 2. The third kappa shape index (κ3) is 4.14. The van der Waals surface area contributed by atoms with E-state index in [1.165, 1.54) is 0 Å². The van der Waals surface area contributed by atoms with E-state index in [0.29, 0.717) is 0 Å². The van der Waals surface area contributed by atoms with Gasteiger partial charge in [-0.1, -0.05) is 30.3 Å². The molecule has 1 atom stereocenters. The van der Waals surface area contributed by atoms with Gasteiger partial charge in [0.15, 0.2) is 5.92 Å². The normalized spacial score (nSPS) is 16.8. The Morgan fingerprint density at radius 2 is 1.64 bits per heavy atom. The molecule has 1 aliphatic heterocycles. The summed E-state index contributed by atoms with van der Waals surface area (Å²) in [6.07, 6.45) is 0. The number of carbonyl (C=O) groups is 4. The summed E-state index contributed by atoms with van der Waals surface area (Å²) in [6.45, 7) is 3.31. The van der Waals surface area contributed by atoms with Crippen LogP contribution >= 0.6 is 0 Å². The van der Waals surface area contributed by atoms with Crippen LogP contribution in [0.3, 0.4) is 0 Å². The Labute approximate surface area is 145 Å². The zero-order valence-corrected chi connectivity index (χ0v) is 14.1. The lowest BCUT2D eigenvalue weighted by Gasteiger charge is -2.26. The third-order valence-electron chi connectivity index (χ3n) is 3.69. The van der Waals surface area contributed by atoms with Gasteiger partial charge in [-0.05, 0) is 19.4 Å². The zero-order chi connectivity index (χ0) is 18.4. The lowest BCUT2D eigenvalue weighted by Crippen LogP contribution is -2.48. The summed E-state index contributed by atoms with van der Waals surface area (Å²) >= 11 is 0. The minimum Gasteiger partial charge on any atom is -0.465 e. The maximum atomic E-state index is 12.3. The van der Waals surface area contributed by atoms with E-state index in [9.17, 15) is 19.2 Å². The number of nitrogens with zero attached hydrogens (tertiary/aromatic N) is 1. The van der Waals surface area contributed by atoms with Gasteiger partial charge in [0.1, 0.15) is 6.04 Å². The van der Waals surface area contributed by atoms with Gasteiger partial charge in [0.05, 0.1) is 13.2 Å². The molecule has 0 aliphatic carbocycles. The van der Waals surface area contributed by atoms with E-state index in [0.717, 1.165) is 10.5 Å². The molecule has 1 heterocycles. The Kier molecular flexibility index (Phi) is 6.10. The monoisotopic (exact) mass is 348 g/mol. The number of urea groups is 1. The molecule has 8 nitrogen and oxygen atoms in total. The average molecular weight is 348 g/mol. The number of nitrogens with one attached hydrogen (secondary N) is 1. The molecule has 0 saturated carbocycles. The lowest BCUT2D eigenvalue weighted by molar-refractivity contribution is -0.165. The predicted molar refractivity (Wildman–Crippen MR) is 86.1 cm³/mol. The van der Waals surface area contributed by atoms with Crippen molar-refractivity contribution in [3.05, 3.63) is 35.9 Å². The Morgan fingerprint density at radius 3 is 2.16 bits per heavy atom. The van der Waals surface area contributed by atoms with Crippen LogP contribution in [0.2, 0.25) is 0 Å². The van der Waals surface area contributed by atoms with Crippen molar-refractivity contribution in [1.82, 2.24) is 10.2 Å². The molecule has 0 radical (unpaired) electrons. The van der Waals surface area contributed by atoms with Crippen LogP contribution in [0.25, 0.3) is 0 Å². The Morgan fingerprint density at radius 1 is 1.08 bits per heavy atom. The van der Waals surface area contributed by atoms with E-state index in [2.05, 4.69) is 5.32 Å². The van der Waals surface area contributed by atoms with Gasteiger partial charge in [-0.2, -0.15) is 0 Å². The molecule has 0 aromatic heterocycles. The first kappa shape index (κ1) is 18.4. The molecular weight excluding hydrogens is 328 g/mol. The van der Waals surface area contributed by atoms with E-state index < -0.39 is 35.8 Å². The van der Waals surface area contributed by atoms with Crippen molar-refractivity contribution in [3.8, 4) is 0 Å². The molecule has 134 valence electrons. The summed E-state index contributed by atoms with van der Waals surface area (Å²) in [5.41, 5.74) is 0.754. The minimum atomic E-state index is -1.53. The second-order valence-electron chi connectivity index (χ2n) is 5.33. The van der Waals surface area contributed by atoms with Crippen LogP contribution in [0, 0.1) is 5.92 Å². The molecule has 1 N–H and O–H groups in total. The second-order valence-corrected chi connectivity index (χ2v) is 5.33. The van der Waals surface area contributed by atoms with E-state index in [1.54, 1.807) is 38.1 Å². The van der Waals surface area contributed by atoms with Gasteiger partial charge in [-0.3, -0.25) is 19.7 Å². The Balaban J connectivity index is 2.33. The molecular formula is C17H20N2O6. The predicted octanol–water partition coefficient (Wildman–Crippen LogP) is 0.849. The van der Waals surface area contributed by atoms with Crippen molar-refractivity contribution in [2.75, 3.05) is 13.2 Å². The molecule has 1 aromatic carbocycles. The first-order valence-corrected chi connectivity index (χ1v) is 7.98. The van der Waals surface area contributed by atoms with Crippen LogP contribution in [0.15, 0.2) is 30.3 Å². The van der Waals surface area contributed by atoms with E-state index in [-0.39, 0.29) is 19.8 Å². The number of benzene rings is 1. The molecule has 1 aliphatic rings. The average Bonchev–Trinajstić information content (AvgIpc) is 2.84. The van der Waals surface area contributed by atoms with Crippen molar-refractivity contribution in [3.63, 3.8) is 0 Å². The van der Waals surface area contributed by atoms with Crippen LogP contribution in [0.1, 0.15) is 19.4 Å². The first-order chi connectivity index (χ1) is 12.0. The molecule has 1 unspecified atom stereocenters. The van der Waals surface area contributed by atoms with Gasteiger partial charge in [0.2, 0.25) is 0 Å². The summed E-state index contributed by atoms with van der Waals surface area (Å²) in [7, 11) is 0. The Hall–Kier alpha value is -2.90. The standard InChI is InChI=1S/C17H20N2O6/c1-3-24-15(21)12(16(22)25-4-2)13-14(20)18-17(23)19(13)10-11-8-6-5-7-9-11/h5-9,12-13H,3-4,10H2,1-2H3,(H,18,20,23). The van der Waals surface area contributed by atoms with Crippen LogP contribution in [0.4, 0.5) is 4.79 Å². The second kappa shape index (κ2) is 8.27. The highest BCUT2D eigenvalue weighted by atomic mass is 16.6. The van der Waals surface area contributed by atoms with E-state index >= 15 is 0 Å². The smallest absolute Gasteiger partial charge is 0.325 e. The summed E-state index contributed by atoms with van der Waals surface area (Å²) in [5.74, 6) is -4.05. The number of hydrogen-bond acceptors (Lipinski definition) is 6.